The summed E-state index contributed by atoms with van der Waals surface area (Å²) in [5.41, 5.74) is -0.274. The molecule has 0 bridgehead atoms. The molecule has 80 valence electrons. The number of carbonyl (C=O) groups is 2. The highest BCUT2D eigenvalue weighted by molar-refractivity contribution is 5.73. The molecular weight excluding hydrogens is 182 g/mol. The summed E-state index contributed by atoms with van der Waals surface area (Å²) in [7, 11) is 0. The zero-order chi connectivity index (χ0) is 10.6. The summed E-state index contributed by atoms with van der Waals surface area (Å²) in [4.78, 5) is 21.8. The average molecular weight is 199 g/mol. The van der Waals surface area contributed by atoms with Crippen LogP contribution in [0.3, 0.4) is 0 Å². The minimum atomic E-state index is -0.476. The number of aldehydes is 1. The van der Waals surface area contributed by atoms with Gasteiger partial charge in [0.2, 0.25) is 0 Å². The first-order chi connectivity index (χ1) is 6.59. The number of hydrogen-bond acceptors (Lipinski definition) is 3. The summed E-state index contributed by atoms with van der Waals surface area (Å²) in [6, 6.07) is -0.408. The Labute approximate surface area is 84.0 Å². The lowest BCUT2D eigenvalue weighted by atomic mass is 10.2. The smallest absolute Gasteiger partial charge is 0.408 e. The van der Waals surface area contributed by atoms with Crippen LogP contribution in [-0.2, 0) is 9.53 Å². The third-order valence-corrected chi connectivity index (χ3v) is 2.36. The van der Waals surface area contributed by atoms with Crippen molar-refractivity contribution in [1.29, 1.82) is 0 Å². The van der Waals surface area contributed by atoms with Gasteiger partial charge in [-0.1, -0.05) is 13.3 Å². The summed E-state index contributed by atoms with van der Waals surface area (Å²) in [6.45, 7) is 3.86. The van der Waals surface area contributed by atoms with Crippen molar-refractivity contribution in [3.05, 3.63) is 0 Å². The predicted molar refractivity (Wildman–Crippen MR) is 52.0 cm³/mol. The second-order valence-corrected chi connectivity index (χ2v) is 4.02. The van der Waals surface area contributed by atoms with Gasteiger partial charge >= 0.3 is 6.09 Å². The van der Waals surface area contributed by atoms with Crippen LogP contribution < -0.4 is 5.32 Å². The Morgan fingerprint density at radius 1 is 1.64 bits per heavy atom. The van der Waals surface area contributed by atoms with Crippen molar-refractivity contribution in [2.24, 2.45) is 0 Å². The highest BCUT2D eigenvalue weighted by Gasteiger charge is 2.41. The van der Waals surface area contributed by atoms with Gasteiger partial charge < -0.3 is 14.8 Å². The van der Waals surface area contributed by atoms with Gasteiger partial charge in [-0.05, 0) is 26.2 Å². The van der Waals surface area contributed by atoms with E-state index in [1.54, 1.807) is 0 Å². The van der Waals surface area contributed by atoms with Gasteiger partial charge in [-0.15, -0.1) is 0 Å². The Hall–Kier alpha value is -1.06. The number of rotatable bonds is 5. The zero-order valence-corrected chi connectivity index (χ0v) is 8.71. The van der Waals surface area contributed by atoms with E-state index in [1.807, 2.05) is 13.8 Å². The minimum Gasteiger partial charge on any atom is -0.443 e. The normalized spacial score (nSPS) is 19.6. The summed E-state index contributed by atoms with van der Waals surface area (Å²) >= 11 is 0. The van der Waals surface area contributed by atoms with Gasteiger partial charge in [0.05, 0.1) is 6.04 Å². The van der Waals surface area contributed by atoms with Crippen LogP contribution in [-0.4, -0.2) is 24.0 Å². The van der Waals surface area contributed by atoms with Crippen LogP contribution in [0.2, 0.25) is 0 Å². The van der Waals surface area contributed by atoms with Crippen molar-refractivity contribution in [3.8, 4) is 0 Å². The fourth-order valence-corrected chi connectivity index (χ4v) is 1.17. The third kappa shape index (κ3) is 3.36. The molecule has 14 heavy (non-hydrogen) atoms. The Balaban J connectivity index is 2.27. The Kier molecular flexibility index (Phi) is 3.49. The van der Waals surface area contributed by atoms with Crippen molar-refractivity contribution in [2.45, 2.75) is 51.2 Å². The predicted octanol–water partition coefficient (Wildman–Crippen LogP) is 1.63. The molecule has 0 radical (unpaired) electrons. The van der Waals surface area contributed by atoms with Gasteiger partial charge in [0.1, 0.15) is 11.9 Å². The molecule has 4 nitrogen and oxygen atoms in total. The van der Waals surface area contributed by atoms with Crippen LogP contribution in [0, 0.1) is 0 Å². The monoisotopic (exact) mass is 199 g/mol. The number of hydrogen-bond donors (Lipinski definition) is 1. The van der Waals surface area contributed by atoms with E-state index in [0.29, 0.717) is 6.42 Å². The molecule has 0 aromatic carbocycles. The lowest BCUT2D eigenvalue weighted by molar-refractivity contribution is -0.109. The molecule has 0 unspecified atom stereocenters. The van der Waals surface area contributed by atoms with Crippen LogP contribution >= 0.6 is 0 Å². The Morgan fingerprint density at radius 3 is 2.71 bits per heavy atom. The van der Waals surface area contributed by atoms with E-state index in [-0.39, 0.29) is 5.60 Å². The number of carbonyl (C=O) groups excluding carboxylic acids is 2. The van der Waals surface area contributed by atoms with Gasteiger partial charge in [-0.25, -0.2) is 4.79 Å². The number of ether oxygens (including phenoxy) is 1. The van der Waals surface area contributed by atoms with Crippen LogP contribution in [0.1, 0.15) is 39.5 Å². The quantitative estimate of drug-likeness (QED) is 0.685. The van der Waals surface area contributed by atoms with Gasteiger partial charge in [-0.2, -0.15) is 0 Å². The van der Waals surface area contributed by atoms with Crippen LogP contribution in [0.25, 0.3) is 0 Å². The highest BCUT2D eigenvalue weighted by Crippen LogP contribution is 2.38. The lowest BCUT2D eigenvalue weighted by Gasteiger charge is -2.15. The van der Waals surface area contributed by atoms with Gasteiger partial charge in [0, 0.05) is 0 Å². The van der Waals surface area contributed by atoms with Crippen molar-refractivity contribution in [1.82, 2.24) is 5.32 Å². The van der Waals surface area contributed by atoms with E-state index in [1.165, 1.54) is 0 Å². The van der Waals surface area contributed by atoms with Crippen LogP contribution in [0.15, 0.2) is 0 Å². The lowest BCUT2D eigenvalue weighted by Crippen LogP contribution is -2.38. The average Bonchev–Trinajstić information content (AvgIpc) is 2.82. The third-order valence-electron chi connectivity index (χ3n) is 2.36. The van der Waals surface area contributed by atoms with E-state index in [9.17, 15) is 9.59 Å². The first-order valence-electron chi connectivity index (χ1n) is 5.04. The van der Waals surface area contributed by atoms with E-state index >= 15 is 0 Å². The fraction of sp³-hybridized carbons (Fsp3) is 0.800. The Morgan fingerprint density at radius 2 is 2.29 bits per heavy atom. The summed E-state index contributed by atoms with van der Waals surface area (Å²) in [5, 5.41) is 2.53. The molecule has 1 aliphatic carbocycles. The maximum Gasteiger partial charge on any atom is 0.408 e. The highest BCUT2D eigenvalue weighted by atomic mass is 16.6. The van der Waals surface area contributed by atoms with Crippen LogP contribution in [0.4, 0.5) is 4.79 Å². The summed E-state index contributed by atoms with van der Waals surface area (Å²) < 4.78 is 5.12. The molecule has 0 aromatic rings. The van der Waals surface area contributed by atoms with Crippen molar-refractivity contribution >= 4 is 12.4 Å². The maximum absolute atomic E-state index is 11.3. The van der Waals surface area contributed by atoms with Crippen molar-refractivity contribution in [2.75, 3.05) is 0 Å². The topological polar surface area (TPSA) is 55.4 Å². The number of alkyl carbamates (subject to hydrolysis) is 1. The maximum atomic E-state index is 11.3. The van der Waals surface area contributed by atoms with E-state index in [4.69, 9.17) is 4.74 Å². The number of amides is 1. The minimum absolute atomic E-state index is 0.274. The van der Waals surface area contributed by atoms with Gasteiger partial charge in [0.25, 0.3) is 0 Å². The van der Waals surface area contributed by atoms with E-state index < -0.39 is 12.1 Å². The molecule has 0 aliphatic heterocycles. The Bertz CT molecular complexity index is 223. The van der Waals surface area contributed by atoms with Crippen LogP contribution in [0.5, 0.6) is 0 Å². The molecule has 0 saturated heterocycles. The van der Waals surface area contributed by atoms with E-state index in [2.05, 4.69) is 5.32 Å². The molecule has 1 amide bonds. The van der Waals surface area contributed by atoms with Gasteiger partial charge in [0.15, 0.2) is 0 Å². The van der Waals surface area contributed by atoms with E-state index in [0.717, 1.165) is 25.5 Å². The molecule has 1 fully saturated rings. The summed E-state index contributed by atoms with van der Waals surface area (Å²) in [6.07, 6.45) is 3.63. The molecule has 0 spiro atoms. The van der Waals surface area contributed by atoms with Crippen molar-refractivity contribution < 1.29 is 14.3 Å². The molecule has 1 atom stereocenters. The second kappa shape index (κ2) is 4.44. The molecular formula is C10H17NO3. The first-order valence-corrected chi connectivity index (χ1v) is 5.04. The molecule has 0 aromatic heterocycles. The molecule has 1 N–H and O–H groups in total. The number of nitrogens with one attached hydrogen (secondary N) is 1. The molecule has 0 heterocycles. The first kappa shape index (κ1) is 11.0. The molecule has 4 heteroatoms. The standard InChI is InChI=1S/C10H17NO3/c1-3-4-8(7-12)11-9(13)14-10(2)5-6-10/h7-8H,3-6H2,1-2H3,(H,11,13)/t8-/m0/s1. The second-order valence-electron chi connectivity index (χ2n) is 4.02. The largest absolute Gasteiger partial charge is 0.443 e. The molecule has 1 saturated carbocycles. The fourth-order valence-electron chi connectivity index (χ4n) is 1.17. The van der Waals surface area contributed by atoms with Gasteiger partial charge in [-0.3, -0.25) is 0 Å². The SMILES string of the molecule is CCC[C@@H](C=O)NC(=O)OC1(C)CC1. The molecule has 1 aliphatic rings. The van der Waals surface area contributed by atoms with Crippen molar-refractivity contribution in [3.63, 3.8) is 0 Å². The molecule has 1 rings (SSSR count). The summed E-state index contributed by atoms with van der Waals surface area (Å²) in [5.74, 6) is 0. The zero-order valence-electron chi connectivity index (χ0n) is 8.71.